The van der Waals surface area contributed by atoms with E-state index in [-0.39, 0.29) is 26.9 Å². The first-order chi connectivity index (χ1) is 9.51. The molecule has 100 valence electrons. The van der Waals surface area contributed by atoms with Crippen LogP contribution in [0.5, 0.6) is 0 Å². The summed E-state index contributed by atoms with van der Waals surface area (Å²) in [5.74, 6) is -1.32. The van der Waals surface area contributed by atoms with Gasteiger partial charge in [-0.2, -0.15) is 9.65 Å². The van der Waals surface area contributed by atoms with E-state index in [0.717, 1.165) is 6.07 Å². The highest BCUT2D eigenvalue weighted by Gasteiger charge is 2.16. The number of hydrogen-bond acceptors (Lipinski definition) is 3. The van der Waals surface area contributed by atoms with Gasteiger partial charge in [0, 0.05) is 18.0 Å². The minimum atomic E-state index is -0.722. The van der Waals surface area contributed by atoms with Crippen LogP contribution in [0.2, 0.25) is 10.0 Å². The molecule has 2 aromatic rings. The minimum Gasteiger partial charge on any atom is -0.322 e. The first-order valence-electron chi connectivity index (χ1n) is 5.33. The van der Waals surface area contributed by atoms with Gasteiger partial charge in [0.1, 0.15) is 0 Å². The van der Waals surface area contributed by atoms with Crippen molar-refractivity contribution in [3.8, 4) is 6.07 Å². The molecule has 2 rings (SSSR count). The summed E-state index contributed by atoms with van der Waals surface area (Å²) in [6.45, 7) is 0. The maximum absolute atomic E-state index is 12.9. The molecule has 1 aromatic carbocycles. The van der Waals surface area contributed by atoms with Crippen molar-refractivity contribution in [2.24, 2.45) is 0 Å². The predicted molar refractivity (Wildman–Crippen MR) is 73.3 cm³/mol. The van der Waals surface area contributed by atoms with Crippen LogP contribution in [0.1, 0.15) is 15.9 Å². The quantitative estimate of drug-likeness (QED) is 0.861. The van der Waals surface area contributed by atoms with Crippen LogP contribution in [-0.4, -0.2) is 10.9 Å². The third-order valence-electron chi connectivity index (χ3n) is 2.38. The Kier molecular flexibility index (Phi) is 4.18. The monoisotopic (exact) mass is 309 g/mol. The Hall–Kier alpha value is -2.16. The van der Waals surface area contributed by atoms with Gasteiger partial charge in [0.05, 0.1) is 27.2 Å². The molecule has 0 bridgehead atoms. The number of nitriles is 1. The van der Waals surface area contributed by atoms with Crippen LogP contribution in [0, 0.1) is 17.3 Å². The number of halogens is 3. The van der Waals surface area contributed by atoms with E-state index in [1.54, 1.807) is 0 Å². The van der Waals surface area contributed by atoms with Gasteiger partial charge in [0.15, 0.2) is 0 Å². The molecule has 0 aliphatic heterocycles. The summed E-state index contributed by atoms with van der Waals surface area (Å²) in [5.41, 5.74) is 0.482. The largest absolute Gasteiger partial charge is 0.322 e. The fourth-order valence-electron chi connectivity index (χ4n) is 1.53. The Morgan fingerprint density at radius 3 is 2.50 bits per heavy atom. The zero-order valence-corrected chi connectivity index (χ0v) is 11.3. The molecule has 0 atom stereocenters. The van der Waals surface area contributed by atoms with E-state index in [1.807, 2.05) is 6.07 Å². The van der Waals surface area contributed by atoms with E-state index in [1.165, 1.54) is 24.4 Å². The molecule has 0 aliphatic carbocycles. The number of benzene rings is 1. The Balaban J connectivity index is 2.33. The van der Waals surface area contributed by atoms with Crippen molar-refractivity contribution in [2.75, 3.05) is 5.32 Å². The molecule has 4 nitrogen and oxygen atoms in total. The lowest BCUT2D eigenvalue weighted by Gasteiger charge is -2.08. The summed E-state index contributed by atoms with van der Waals surface area (Å²) in [6, 6.07) is 7.01. The van der Waals surface area contributed by atoms with Gasteiger partial charge >= 0.3 is 0 Å². The first-order valence-corrected chi connectivity index (χ1v) is 6.09. The van der Waals surface area contributed by atoms with Gasteiger partial charge in [0.2, 0.25) is 5.95 Å². The molecule has 20 heavy (non-hydrogen) atoms. The van der Waals surface area contributed by atoms with Gasteiger partial charge in [0.25, 0.3) is 5.91 Å². The number of amides is 1. The van der Waals surface area contributed by atoms with E-state index in [4.69, 9.17) is 28.5 Å². The van der Waals surface area contributed by atoms with E-state index in [9.17, 15) is 9.18 Å². The third kappa shape index (κ3) is 3.05. The molecule has 0 saturated heterocycles. The second kappa shape index (κ2) is 5.87. The van der Waals surface area contributed by atoms with Gasteiger partial charge in [-0.1, -0.05) is 23.2 Å². The number of rotatable bonds is 2. The summed E-state index contributed by atoms with van der Waals surface area (Å²) >= 11 is 11.8. The Morgan fingerprint density at radius 2 is 1.95 bits per heavy atom. The summed E-state index contributed by atoms with van der Waals surface area (Å²) in [5, 5.41) is 11.3. The number of nitrogens with zero attached hydrogens (tertiary/aromatic N) is 2. The van der Waals surface area contributed by atoms with Crippen LogP contribution in [-0.2, 0) is 0 Å². The molecule has 0 unspecified atom stereocenters. The number of hydrogen-bond donors (Lipinski definition) is 1. The van der Waals surface area contributed by atoms with Crippen molar-refractivity contribution in [2.45, 2.75) is 0 Å². The number of nitrogens with one attached hydrogen (secondary N) is 1. The van der Waals surface area contributed by atoms with Crippen LogP contribution < -0.4 is 5.32 Å². The molecular weight excluding hydrogens is 304 g/mol. The van der Waals surface area contributed by atoms with Crippen molar-refractivity contribution < 1.29 is 9.18 Å². The van der Waals surface area contributed by atoms with Crippen LogP contribution in [0.15, 0.2) is 30.5 Å². The van der Waals surface area contributed by atoms with Crippen molar-refractivity contribution >= 4 is 34.8 Å². The van der Waals surface area contributed by atoms with Gasteiger partial charge in [-0.3, -0.25) is 4.79 Å². The average Bonchev–Trinajstić information content (AvgIpc) is 2.37. The second-order valence-electron chi connectivity index (χ2n) is 3.75. The average molecular weight is 310 g/mol. The van der Waals surface area contributed by atoms with Crippen molar-refractivity contribution in [3.63, 3.8) is 0 Å². The SMILES string of the molecule is N#Cc1cc(Cl)c(C(=O)Nc2ccnc(F)c2)c(Cl)c1. The molecule has 0 aliphatic rings. The summed E-state index contributed by atoms with van der Waals surface area (Å²) in [4.78, 5) is 15.4. The topological polar surface area (TPSA) is 65.8 Å². The Bertz CT molecular complexity index is 705. The molecule has 7 heteroatoms. The number of carbonyl (C=O) groups excluding carboxylic acids is 1. The second-order valence-corrected chi connectivity index (χ2v) is 4.56. The molecule has 1 aromatic heterocycles. The highest BCUT2D eigenvalue weighted by Crippen LogP contribution is 2.27. The lowest BCUT2D eigenvalue weighted by atomic mass is 10.1. The Labute approximate surface area is 123 Å². The van der Waals surface area contributed by atoms with Crippen LogP contribution >= 0.6 is 23.2 Å². The van der Waals surface area contributed by atoms with Crippen molar-refractivity contribution in [1.82, 2.24) is 4.98 Å². The number of pyridine rings is 1. The highest BCUT2D eigenvalue weighted by atomic mass is 35.5. The summed E-state index contributed by atoms with van der Waals surface area (Å²) in [6.07, 6.45) is 1.22. The molecular formula is C13H6Cl2FN3O. The van der Waals surface area contributed by atoms with Gasteiger partial charge in [-0.25, -0.2) is 4.98 Å². The van der Waals surface area contributed by atoms with Crippen LogP contribution in [0.25, 0.3) is 0 Å². The molecule has 1 heterocycles. The van der Waals surface area contributed by atoms with Gasteiger partial charge < -0.3 is 5.32 Å². The zero-order valence-electron chi connectivity index (χ0n) is 9.82. The molecule has 0 spiro atoms. The molecule has 1 amide bonds. The zero-order chi connectivity index (χ0) is 14.7. The van der Waals surface area contributed by atoms with E-state index in [0.29, 0.717) is 0 Å². The predicted octanol–water partition coefficient (Wildman–Crippen LogP) is 3.65. The minimum absolute atomic E-state index is 0.0181. The van der Waals surface area contributed by atoms with Crippen molar-refractivity contribution in [1.29, 1.82) is 5.26 Å². The number of carbonyl (C=O) groups is 1. The van der Waals surface area contributed by atoms with E-state index < -0.39 is 11.9 Å². The number of anilines is 1. The molecule has 0 saturated carbocycles. The first kappa shape index (κ1) is 14.3. The van der Waals surface area contributed by atoms with E-state index in [2.05, 4.69) is 10.3 Å². The number of aromatic nitrogens is 1. The standard InChI is InChI=1S/C13H6Cl2FN3O/c14-9-3-7(6-17)4-10(15)12(9)13(20)19-8-1-2-18-11(16)5-8/h1-5H,(H,18,19,20). The van der Waals surface area contributed by atoms with Crippen LogP contribution in [0.4, 0.5) is 10.1 Å². The van der Waals surface area contributed by atoms with E-state index >= 15 is 0 Å². The van der Waals surface area contributed by atoms with Crippen molar-refractivity contribution in [3.05, 3.63) is 57.6 Å². The van der Waals surface area contributed by atoms with Gasteiger partial charge in [-0.15, -0.1) is 0 Å². The highest BCUT2D eigenvalue weighted by molar-refractivity contribution is 6.40. The van der Waals surface area contributed by atoms with Crippen LogP contribution in [0.3, 0.4) is 0 Å². The molecule has 0 radical (unpaired) electrons. The fourth-order valence-corrected chi connectivity index (χ4v) is 2.19. The summed E-state index contributed by atoms with van der Waals surface area (Å²) < 4.78 is 12.9. The lowest BCUT2D eigenvalue weighted by Crippen LogP contribution is -2.13. The maximum Gasteiger partial charge on any atom is 0.258 e. The normalized spacial score (nSPS) is 9.90. The third-order valence-corrected chi connectivity index (χ3v) is 2.98. The lowest BCUT2D eigenvalue weighted by molar-refractivity contribution is 0.102. The Morgan fingerprint density at radius 1 is 1.30 bits per heavy atom. The van der Waals surface area contributed by atoms with Gasteiger partial charge in [-0.05, 0) is 18.2 Å². The molecule has 0 fully saturated rings. The summed E-state index contributed by atoms with van der Waals surface area (Å²) in [7, 11) is 0. The molecule has 1 N–H and O–H groups in total. The fraction of sp³-hybridized carbons (Fsp3) is 0. The smallest absolute Gasteiger partial charge is 0.258 e. The maximum atomic E-state index is 12.9.